The number of fused-ring (bicyclic) bond motifs is 2. The Kier molecular flexibility index (Phi) is 6.54. The Hall–Kier alpha value is -0.320. The molecule has 3 N–H and O–H groups in total. The number of amides is 1. The highest BCUT2D eigenvalue weighted by Crippen LogP contribution is 2.41. The van der Waals surface area contributed by atoms with E-state index in [1.165, 1.54) is 32.1 Å². The van der Waals surface area contributed by atoms with Crippen LogP contribution in [0.1, 0.15) is 51.4 Å². The number of halogens is 1. The van der Waals surface area contributed by atoms with Gasteiger partial charge < -0.3 is 15.8 Å². The first kappa shape index (κ1) is 18.0. The minimum atomic E-state index is 0. The molecule has 0 saturated heterocycles. The molecule has 128 valence electrons. The molecule has 1 amide bonds. The molecule has 2 bridgehead atoms. The summed E-state index contributed by atoms with van der Waals surface area (Å²) in [5, 5.41) is 3.20. The van der Waals surface area contributed by atoms with Gasteiger partial charge in [0.05, 0.1) is 6.10 Å². The zero-order valence-electron chi connectivity index (χ0n) is 13.6. The molecule has 3 fully saturated rings. The van der Waals surface area contributed by atoms with Crippen molar-refractivity contribution in [2.24, 2.45) is 29.4 Å². The average molecular weight is 331 g/mol. The summed E-state index contributed by atoms with van der Waals surface area (Å²) in [6.45, 7) is 0.787. The van der Waals surface area contributed by atoms with E-state index in [0.29, 0.717) is 29.9 Å². The maximum absolute atomic E-state index is 12.5. The smallest absolute Gasteiger partial charge is 0.223 e. The standard InChI is InChI=1S/C17H30N2O2.ClH/c1-21-15-7-3-6-13(15)10-19-17(20)14-8-11-4-2-5-12(9-14)16(11)18;/h11-16H,2-10,18H2,1H3,(H,19,20);1H. The van der Waals surface area contributed by atoms with Crippen LogP contribution in [0.4, 0.5) is 0 Å². The van der Waals surface area contributed by atoms with Gasteiger partial charge in [-0.2, -0.15) is 0 Å². The van der Waals surface area contributed by atoms with E-state index >= 15 is 0 Å². The molecule has 0 radical (unpaired) electrons. The molecule has 0 aromatic rings. The second kappa shape index (κ2) is 7.98. The summed E-state index contributed by atoms with van der Waals surface area (Å²) < 4.78 is 5.51. The fourth-order valence-corrected chi connectivity index (χ4v) is 4.93. The SMILES string of the molecule is COC1CCCC1CNC(=O)C1CC2CCCC(C1)C2N.Cl. The second-order valence-electron chi connectivity index (χ2n) is 7.41. The van der Waals surface area contributed by atoms with Gasteiger partial charge in [0.15, 0.2) is 0 Å². The number of methoxy groups -OCH3 is 1. The number of carbonyl (C=O) groups excluding carboxylic acids is 1. The number of hydrogen-bond acceptors (Lipinski definition) is 3. The lowest BCUT2D eigenvalue weighted by Crippen LogP contribution is -2.49. The minimum Gasteiger partial charge on any atom is -0.381 e. The topological polar surface area (TPSA) is 64.3 Å². The summed E-state index contributed by atoms with van der Waals surface area (Å²) in [7, 11) is 1.79. The van der Waals surface area contributed by atoms with Crippen molar-refractivity contribution < 1.29 is 9.53 Å². The van der Waals surface area contributed by atoms with Crippen LogP contribution in [0.25, 0.3) is 0 Å². The Balaban J connectivity index is 0.00000176. The van der Waals surface area contributed by atoms with Gasteiger partial charge in [-0.3, -0.25) is 4.79 Å². The molecule has 5 heteroatoms. The van der Waals surface area contributed by atoms with Gasteiger partial charge in [-0.05, 0) is 50.4 Å². The molecule has 4 nitrogen and oxygen atoms in total. The third kappa shape index (κ3) is 3.77. The molecule has 0 heterocycles. The average Bonchev–Trinajstić information content (AvgIpc) is 2.92. The van der Waals surface area contributed by atoms with E-state index in [1.807, 2.05) is 0 Å². The van der Waals surface area contributed by atoms with Gasteiger partial charge in [-0.1, -0.05) is 12.8 Å². The molecule has 3 aliphatic rings. The van der Waals surface area contributed by atoms with Crippen molar-refractivity contribution in [3.05, 3.63) is 0 Å². The highest BCUT2D eigenvalue weighted by atomic mass is 35.5. The molecule has 0 aromatic heterocycles. The van der Waals surface area contributed by atoms with Gasteiger partial charge in [0, 0.05) is 31.5 Å². The first-order chi connectivity index (χ1) is 10.2. The summed E-state index contributed by atoms with van der Waals surface area (Å²) >= 11 is 0. The van der Waals surface area contributed by atoms with Crippen molar-refractivity contribution in [1.29, 1.82) is 0 Å². The first-order valence-electron chi connectivity index (χ1n) is 8.75. The monoisotopic (exact) mass is 330 g/mol. The normalized spacial score (nSPS) is 40.8. The van der Waals surface area contributed by atoms with Gasteiger partial charge >= 0.3 is 0 Å². The molecular formula is C17H31ClN2O2. The van der Waals surface area contributed by atoms with Crippen LogP contribution in [0.5, 0.6) is 0 Å². The fraction of sp³-hybridized carbons (Fsp3) is 0.941. The largest absolute Gasteiger partial charge is 0.381 e. The maximum atomic E-state index is 12.5. The number of hydrogen-bond donors (Lipinski definition) is 2. The molecular weight excluding hydrogens is 300 g/mol. The molecule has 4 atom stereocenters. The van der Waals surface area contributed by atoms with E-state index in [2.05, 4.69) is 5.32 Å². The number of carbonyl (C=O) groups is 1. The Labute approximate surface area is 140 Å². The summed E-state index contributed by atoms with van der Waals surface area (Å²) in [6.07, 6.45) is 9.62. The van der Waals surface area contributed by atoms with Gasteiger partial charge in [-0.25, -0.2) is 0 Å². The Morgan fingerprint density at radius 1 is 1.14 bits per heavy atom. The van der Waals surface area contributed by atoms with Crippen LogP contribution in [0.3, 0.4) is 0 Å². The van der Waals surface area contributed by atoms with E-state index in [4.69, 9.17) is 10.5 Å². The number of nitrogens with two attached hydrogens (primary N) is 1. The van der Waals surface area contributed by atoms with E-state index < -0.39 is 0 Å². The van der Waals surface area contributed by atoms with Crippen LogP contribution in [0, 0.1) is 23.7 Å². The summed E-state index contributed by atoms with van der Waals surface area (Å²) in [6, 6.07) is 0.343. The van der Waals surface area contributed by atoms with Gasteiger partial charge in [0.1, 0.15) is 0 Å². The summed E-state index contributed by atoms with van der Waals surface area (Å²) in [5.41, 5.74) is 6.31. The van der Waals surface area contributed by atoms with Crippen LogP contribution in [-0.4, -0.2) is 31.7 Å². The van der Waals surface area contributed by atoms with Crippen LogP contribution in [0.2, 0.25) is 0 Å². The van der Waals surface area contributed by atoms with Crippen molar-refractivity contribution in [3.8, 4) is 0 Å². The lowest BCUT2D eigenvalue weighted by molar-refractivity contribution is -0.128. The van der Waals surface area contributed by atoms with Gasteiger partial charge in [0.25, 0.3) is 0 Å². The van der Waals surface area contributed by atoms with Crippen LogP contribution in [-0.2, 0) is 9.53 Å². The van der Waals surface area contributed by atoms with Crippen LogP contribution < -0.4 is 11.1 Å². The predicted octanol–water partition coefficient (Wildman–Crippen LogP) is 2.49. The third-order valence-electron chi connectivity index (χ3n) is 6.21. The number of nitrogens with one attached hydrogen (secondary N) is 1. The summed E-state index contributed by atoms with van der Waals surface area (Å²) in [5.74, 6) is 2.12. The van der Waals surface area contributed by atoms with Gasteiger partial charge in [-0.15, -0.1) is 12.4 Å². The van der Waals surface area contributed by atoms with E-state index in [9.17, 15) is 4.79 Å². The molecule has 22 heavy (non-hydrogen) atoms. The fourth-order valence-electron chi connectivity index (χ4n) is 4.93. The Morgan fingerprint density at radius 2 is 1.77 bits per heavy atom. The predicted molar refractivity (Wildman–Crippen MR) is 89.9 cm³/mol. The van der Waals surface area contributed by atoms with Crippen molar-refractivity contribution >= 4 is 18.3 Å². The molecule has 0 aliphatic heterocycles. The van der Waals surface area contributed by atoms with Gasteiger partial charge in [0.2, 0.25) is 5.91 Å². The molecule has 4 unspecified atom stereocenters. The molecule has 3 aliphatic carbocycles. The van der Waals surface area contributed by atoms with Crippen LogP contribution in [0.15, 0.2) is 0 Å². The van der Waals surface area contributed by atoms with E-state index in [0.717, 1.165) is 25.8 Å². The Bertz CT molecular complexity index is 366. The Morgan fingerprint density at radius 3 is 2.41 bits per heavy atom. The highest BCUT2D eigenvalue weighted by Gasteiger charge is 2.40. The molecule has 0 spiro atoms. The van der Waals surface area contributed by atoms with E-state index in [1.54, 1.807) is 7.11 Å². The third-order valence-corrected chi connectivity index (χ3v) is 6.21. The number of ether oxygens (including phenoxy) is 1. The quantitative estimate of drug-likeness (QED) is 0.832. The lowest BCUT2D eigenvalue weighted by atomic mass is 9.65. The zero-order valence-corrected chi connectivity index (χ0v) is 14.4. The summed E-state index contributed by atoms with van der Waals surface area (Å²) in [4.78, 5) is 12.5. The zero-order chi connectivity index (χ0) is 14.8. The molecule has 0 aromatic carbocycles. The molecule has 3 saturated carbocycles. The lowest BCUT2D eigenvalue weighted by Gasteiger charge is -2.43. The van der Waals surface area contributed by atoms with Crippen molar-refractivity contribution in [1.82, 2.24) is 5.32 Å². The maximum Gasteiger partial charge on any atom is 0.223 e. The van der Waals surface area contributed by atoms with E-state index in [-0.39, 0.29) is 24.2 Å². The van der Waals surface area contributed by atoms with Crippen molar-refractivity contribution in [2.75, 3.05) is 13.7 Å². The first-order valence-corrected chi connectivity index (χ1v) is 8.75. The van der Waals surface area contributed by atoms with Crippen molar-refractivity contribution in [2.45, 2.75) is 63.5 Å². The molecule has 3 rings (SSSR count). The highest BCUT2D eigenvalue weighted by molar-refractivity contribution is 5.85. The number of rotatable bonds is 4. The van der Waals surface area contributed by atoms with Crippen molar-refractivity contribution in [3.63, 3.8) is 0 Å². The minimum absolute atomic E-state index is 0. The second-order valence-corrected chi connectivity index (χ2v) is 7.41. The van der Waals surface area contributed by atoms with Crippen LogP contribution >= 0.6 is 12.4 Å².